The van der Waals surface area contributed by atoms with Gasteiger partial charge in [0.25, 0.3) is 0 Å². The van der Waals surface area contributed by atoms with Crippen molar-refractivity contribution in [1.29, 1.82) is 0 Å². The van der Waals surface area contributed by atoms with Crippen LogP contribution in [0.25, 0.3) is 0 Å². The molecule has 6 nitrogen and oxygen atoms in total. The molecule has 0 saturated heterocycles. The summed E-state index contributed by atoms with van der Waals surface area (Å²) in [5.74, 6) is 2.32. The summed E-state index contributed by atoms with van der Waals surface area (Å²) in [6.07, 6.45) is 2.43. The van der Waals surface area contributed by atoms with Crippen LogP contribution in [0.3, 0.4) is 0 Å². The predicted octanol–water partition coefficient (Wildman–Crippen LogP) is 4.74. The molecule has 4 rings (SSSR count). The lowest BCUT2D eigenvalue weighted by Gasteiger charge is -2.19. The standard InChI is InChI=1S/C20H23N5OS2/c1-12-5-8-17(9-13(12)2)25(14(3)26)19-21-16(10-27-19)11-28-20-23-22-18(24(20)4)15-6-7-15/h5,8-10,15H,6-7,11H2,1-4H3. The van der Waals surface area contributed by atoms with Crippen LogP contribution in [0, 0.1) is 13.8 Å². The van der Waals surface area contributed by atoms with Crippen molar-refractivity contribution in [1.82, 2.24) is 19.7 Å². The van der Waals surface area contributed by atoms with Crippen LogP contribution in [0.2, 0.25) is 0 Å². The molecule has 1 aliphatic rings. The zero-order valence-corrected chi connectivity index (χ0v) is 18.1. The summed E-state index contributed by atoms with van der Waals surface area (Å²) in [4.78, 5) is 18.7. The number of thioether (sulfide) groups is 1. The van der Waals surface area contributed by atoms with Crippen LogP contribution in [0.4, 0.5) is 10.8 Å². The van der Waals surface area contributed by atoms with Crippen molar-refractivity contribution < 1.29 is 4.79 Å². The van der Waals surface area contributed by atoms with Gasteiger partial charge in [-0.25, -0.2) is 4.98 Å². The molecule has 1 amide bonds. The van der Waals surface area contributed by atoms with Crippen molar-refractivity contribution >= 4 is 39.8 Å². The molecule has 2 aromatic heterocycles. The summed E-state index contributed by atoms with van der Waals surface area (Å²) >= 11 is 3.12. The third-order valence-electron chi connectivity index (χ3n) is 4.95. The van der Waals surface area contributed by atoms with Gasteiger partial charge < -0.3 is 4.57 Å². The lowest BCUT2D eigenvalue weighted by molar-refractivity contribution is -0.115. The Morgan fingerprint density at radius 1 is 1.29 bits per heavy atom. The fourth-order valence-corrected chi connectivity index (χ4v) is 4.85. The highest BCUT2D eigenvalue weighted by molar-refractivity contribution is 7.98. The summed E-state index contributed by atoms with van der Waals surface area (Å²) in [6.45, 7) is 5.69. The van der Waals surface area contributed by atoms with E-state index in [9.17, 15) is 4.79 Å². The van der Waals surface area contributed by atoms with Gasteiger partial charge in [0.15, 0.2) is 10.3 Å². The molecule has 0 radical (unpaired) electrons. The number of carbonyl (C=O) groups is 1. The molecule has 0 unspecified atom stereocenters. The number of amides is 1. The largest absolute Gasteiger partial charge is 0.309 e. The normalized spacial score (nSPS) is 13.7. The number of nitrogens with zero attached hydrogens (tertiary/aromatic N) is 5. The molecule has 0 spiro atoms. The number of aromatic nitrogens is 4. The maximum Gasteiger partial charge on any atom is 0.230 e. The Morgan fingerprint density at radius 3 is 2.75 bits per heavy atom. The molecule has 2 heterocycles. The van der Waals surface area contributed by atoms with E-state index in [1.54, 1.807) is 23.6 Å². The smallest absolute Gasteiger partial charge is 0.230 e. The molecule has 0 bridgehead atoms. The summed E-state index contributed by atoms with van der Waals surface area (Å²) in [5, 5.41) is 12.3. The molecular formula is C20H23N5OS2. The Kier molecular flexibility index (Phi) is 5.25. The van der Waals surface area contributed by atoms with E-state index in [2.05, 4.69) is 28.6 Å². The molecule has 28 heavy (non-hydrogen) atoms. The first-order valence-corrected chi connectivity index (χ1v) is 11.1. The number of aryl methyl sites for hydroxylation is 2. The minimum atomic E-state index is -0.0424. The maximum absolute atomic E-state index is 12.3. The highest BCUT2D eigenvalue weighted by Gasteiger charge is 2.29. The SMILES string of the molecule is CC(=O)N(c1ccc(C)c(C)c1)c1nc(CSc2nnc(C3CC3)n2C)cs1. The third-order valence-corrected chi connectivity index (χ3v) is 6.88. The molecule has 0 aliphatic heterocycles. The van der Waals surface area contributed by atoms with Crippen LogP contribution in [0.15, 0.2) is 28.7 Å². The van der Waals surface area contributed by atoms with E-state index in [1.807, 2.05) is 30.6 Å². The summed E-state index contributed by atoms with van der Waals surface area (Å²) in [6, 6.07) is 6.04. The number of thiazole rings is 1. The van der Waals surface area contributed by atoms with E-state index in [0.717, 1.165) is 27.9 Å². The number of hydrogen-bond acceptors (Lipinski definition) is 6. The highest BCUT2D eigenvalue weighted by Crippen LogP contribution is 2.40. The Morgan fingerprint density at radius 2 is 2.07 bits per heavy atom. The number of benzene rings is 1. The van der Waals surface area contributed by atoms with Crippen LogP contribution < -0.4 is 4.90 Å². The second-order valence-electron chi connectivity index (χ2n) is 7.21. The van der Waals surface area contributed by atoms with Gasteiger partial charge in [0, 0.05) is 31.0 Å². The van der Waals surface area contributed by atoms with Crippen molar-refractivity contribution in [3.05, 3.63) is 46.2 Å². The molecule has 1 saturated carbocycles. The molecule has 1 aliphatic carbocycles. The zero-order valence-electron chi connectivity index (χ0n) is 16.5. The Balaban J connectivity index is 1.50. The first kappa shape index (κ1) is 19.1. The molecule has 3 aromatic rings. The first-order chi connectivity index (χ1) is 13.4. The van der Waals surface area contributed by atoms with Crippen LogP contribution in [-0.4, -0.2) is 25.7 Å². The van der Waals surface area contributed by atoms with E-state index in [1.165, 1.54) is 29.7 Å². The predicted molar refractivity (Wildman–Crippen MR) is 113 cm³/mol. The van der Waals surface area contributed by atoms with Crippen molar-refractivity contribution in [2.24, 2.45) is 7.05 Å². The summed E-state index contributed by atoms with van der Waals surface area (Å²) in [5.41, 5.74) is 4.16. The molecule has 8 heteroatoms. The van der Waals surface area contributed by atoms with Crippen molar-refractivity contribution in [3.8, 4) is 0 Å². The van der Waals surface area contributed by atoms with Gasteiger partial charge in [-0.05, 0) is 49.9 Å². The van der Waals surface area contributed by atoms with Gasteiger partial charge in [-0.2, -0.15) is 0 Å². The number of rotatable bonds is 6. The Hall–Kier alpha value is -2.19. The second-order valence-corrected chi connectivity index (χ2v) is 8.99. The average molecular weight is 414 g/mol. The number of carbonyl (C=O) groups excluding carboxylic acids is 1. The zero-order chi connectivity index (χ0) is 19.8. The van der Waals surface area contributed by atoms with E-state index >= 15 is 0 Å². The fourth-order valence-electron chi connectivity index (χ4n) is 3.04. The van der Waals surface area contributed by atoms with E-state index in [0.29, 0.717) is 16.8 Å². The topological polar surface area (TPSA) is 63.9 Å². The highest BCUT2D eigenvalue weighted by atomic mass is 32.2. The molecule has 0 N–H and O–H groups in total. The Labute approximate surface area is 173 Å². The van der Waals surface area contributed by atoms with Gasteiger partial charge in [0.05, 0.1) is 11.4 Å². The van der Waals surface area contributed by atoms with E-state index < -0.39 is 0 Å². The Bertz CT molecular complexity index is 1020. The van der Waals surface area contributed by atoms with Crippen molar-refractivity contribution in [2.45, 2.75) is 50.4 Å². The van der Waals surface area contributed by atoms with E-state index in [4.69, 9.17) is 4.98 Å². The molecule has 1 aromatic carbocycles. The van der Waals surface area contributed by atoms with Gasteiger partial charge in [-0.3, -0.25) is 9.69 Å². The molecule has 146 valence electrons. The maximum atomic E-state index is 12.3. The van der Waals surface area contributed by atoms with Crippen molar-refractivity contribution in [2.75, 3.05) is 4.90 Å². The second kappa shape index (κ2) is 7.67. The average Bonchev–Trinajstić information content (AvgIpc) is 3.28. The lowest BCUT2D eigenvalue weighted by Crippen LogP contribution is -2.22. The van der Waals surface area contributed by atoms with Gasteiger partial charge in [0.2, 0.25) is 5.91 Å². The van der Waals surface area contributed by atoms with Gasteiger partial charge in [-0.15, -0.1) is 21.5 Å². The summed E-state index contributed by atoms with van der Waals surface area (Å²) in [7, 11) is 2.03. The van der Waals surface area contributed by atoms with Gasteiger partial charge in [-0.1, -0.05) is 17.8 Å². The van der Waals surface area contributed by atoms with Crippen LogP contribution in [0.5, 0.6) is 0 Å². The van der Waals surface area contributed by atoms with Gasteiger partial charge >= 0.3 is 0 Å². The minimum Gasteiger partial charge on any atom is -0.309 e. The van der Waals surface area contributed by atoms with Crippen LogP contribution in [-0.2, 0) is 17.6 Å². The quantitative estimate of drug-likeness (QED) is 0.546. The minimum absolute atomic E-state index is 0.0424. The monoisotopic (exact) mass is 413 g/mol. The molecule has 1 fully saturated rings. The first-order valence-electron chi connectivity index (χ1n) is 9.28. The molecular weight excluding hydrogens is 390 g/mol. The van der Waals surface area contributed by atoms with Gasteiger partial charge in [0.1, 0.15) is 5.82 Å². The summed E-state index contributed by atoms with van der Waals surface area (Å²) < 4.78 is 2.09. The van der Waals surface area contributed by atoms with Crippen molar-refractivity contribution in [3.63, 3.8) is 0 Å². The number of hydrogen-bond donors (Lipinski definition) is 0. The van der Waals surface area contributed by atoms with Crippen LogP contribution in [0.1, 0.15) is 48.3 Å². The molecule has 0 atom stereocenters. The fraction of sp³-hybridized carbons (Fsp3) is 0.400. The number of anilines is 2. The van der Waals surface area contributed by atoms with Crippen LogP contribution >= 0.6 is 23.1 Å². The lowest BCUT2D eigenvalue weighted by atomic mass is 10.1. The third kappa shape index (κ3) is 3.84. The van der Waals surface area contributed by atoms with E-state index in [-0.39, 0.29) is 5.91 Å².